The highest BCUT2D eigenvalue weighted by Gasteiger charge is 2.30. The number of aromatic nitrogens is 4. The SMILES string of the molecule is CCC(CC)(CCC(C)CNc1scnc1C(=O)Nc1ccc(C)cc1N)Cn1c(-c2ncsc2NCC(C)C)nc2cc(C)ccc21. The molecule has 48 heavy (non-hydrogen) atoms. The van der Waals surface area contributed by atoms with Crippen molar-refractivity contribution in [3.8, 4) is 11.5 Å². The molecule has 11 heteroatoms. The van der Waals surface area contributed by atoms with Crippen molar-refractivity contribution in [1.82, 2.24) is 19.5 Å². The molecule has 0 aliphatic heterocycles. The number of imidazole rings is 1. The standard InChI is InChI=1S/C37H50N8OS2/c1-8-37(9-2,15-14-26(7)19-40-36-32(42-22-48-36)34(46)44-28-12-10-24(5)16-27(28)38)20-45-30-13-11-25(6)17-29(30)43-33(45)31-35(47-21-41-31)39-18-23(3)4/h10-13,16-17,21-23,26,39-40H,8-9,14-15,18-20,38H2,1-7H3,(H,44,46). The number of nitrogens with one attached hydrogen (secondary N) is 3. The summed E-state index contributed by atoms with van der Waals surface area (Å²) in [5.74, 6) is 1.59. The van der Waals surface area contributed by atoms with Crippen LogP contribution in [0.25, 0.3) is 22.6 Å². The third-order valence-electron chi connectivity index (χ3n) is 9.36. The number of anilines is 4. The van der Waals surface area contributed by atoms with Crippen molar-refractivity contribution in [2.75, 3.05) is 34.8 Å². The van der Waals surface area contributed by atoms with Crippen LogP contribution in [0, 0.1) is 31.1 Å². The molecule has 3 aromatic heterocycles. The fourth-order valence-corrected chi connectivity index (χ4v) is 7.46. The molecule has 1 amide bonds. The number of rotatable bonds is 16. The van der Waals surface area contributed by atoms with Crippen LogP contribution in [0.3, 0.4) is 0 Å². The van der Waals surface area contributed by atoms with E-state index < -0.39 is 0 Å². The first-order valence-corrected chi connectivity index (χ1v) is 18.8. The van der Waals surface area contributed by atoms with Crippen LogP contribution in [0.15, 0.2) is 47.4 Å². The molecule has 9 nitrogen and oxygen atoms in total. The molecule has 1 atom stereocenters. The van der Waals surface area contributed by atoms with Crippen molar-refractivity contribution in [3.05, 3.63) is 64.2 Å². The summed E-state index contributed by atoms with van der Waals surface area (Å²) < 4.78 is 2.42. The molecule has 256 valence electrons. The molecular weight excluding hydrogens is 637 g/mol. The van der Waals surface area contributed by atoms with Gasteiger partial charge < -0.3 is 26.3 Å². The van der Waals surface area contributed by atoms with Gasteiger partial charge in [-0.3, -0.25) is 4.79 Å². The van der Waals surface area contributed by atoms with Gasteiger partial charge in [0.05, 0.1) is 33.4 Å². The number of hydrogen-bond donors (Lipinski definition) is 4. The van der Waals surface area contributed by atoms with Crippen LogP contribution in [-0.4, -0.2) is 38.5 Å². The van der Waals surface area contributed by atoms with Crippen molar-refractivity contribution in [3.63, 3.8) is 0 Å². The average molecular weight is 687 g/mol. The second kappa shape index (κ2) is 15.5. The Kier molecular flexibility index (Phi) is 11.4. The highest BCUT2D eigenvalue weighted by molar-refractivity contribution is 7.14. The molecule has 1 unspecified atom stereocenters. The van der Waals surface area contributed by atoms with E-state index >= 15 is 0 Å². The molecule has 0 aliphatic carbocycles. The van der Waals surface area contributed by atoms with Gasteiger partial charge in [-0.15, -0.1) is 22.7 Å². The zero-order valence-corrected chi connectivity index (χ0v) is 30.9. The maximum atomic E-state index is 13.1. The summed E-state index contributed by atoms with van der Waals surface area (Å²) >= 11 is 3.09. The van der Waals surface area contributed by atoms with Gasteiger partial charge in [-0.25, -0.2) is 15.0 Å². The highest BCUT2D eigenvalue weighted by atomic mass is 32.1. The lowest BCUT2D eigenvalue weighted by Crippen LogP contribution is -2.27. The number of thiazole rings is 2. The topological polar surface area (TPSA) is 123 Å². The van der Waals surface area contributed by atoms with Crippen molar-refractivity contribution >= 4 is 61.0 Å². The van der Waals surface area contributed by atoms with Gasteiger partial charge in [-0.1, -0.05) is 46.8 Å². The van der Waals surface area contributed by atoms with Crippen molar-refractivity contribution in [2.24, 2.45) is 17.3 Å². The molecule has 5 rings (SSSR count). The van der Waals surface area contributed by atoms with Gasteiger partial charge in [0.25, 0.3) is 5.91 Å². The van der Waals surface area contributed by atoms with E-state index in [1.54, 1.807) is 16.8 Å². The van der Waals surface area contributed by atoms with Gasteiger partial charge in [-0.05, 0) is 92.2 Å². The number of carbonyl (C=O) groups excluding carboxylic acids is 1. The second-order valence-corrected chi connectivity index (χ2v) is 15.3. The van der Waals surface area contributed by atoms with Gasteiger partial charge in [-0.2, -0.15) is 0 Å². The highest BCUT2D eigenvalue weighted by Crippen LogP contribution is 2.40. The predicted octanol–water partition coefficient (Wildman–Crippen LogP) is 9.47. The minimum atomic E-state index is -0.265. The van der Waals surface area contributed by atoms with Crippen LogP contribution >= 0.6 is 22.7 Å². The summed E-state index contributed by atoms with van der Waals surface area (Å²) in [7, 11) is 0. The first-order chi connectivity index (χ1) is 23.0. The fourth-order valence-electron chi connectivity index (χ4n) is 6.08. The van der Waals surface area contributed by atoms with Crippen LogP contribution in [0.2, 0.25) is 0 Å². The number of hydrogen-bond acceptors (Lipinski definition) is 9. The van der Waals surface area contributed by atoms with Gasteiger partial charge in [0.2, 0.25) is 0 Å². The number of nitrogens with two attached hydrogens (primary N) is 1. The van der Waals surface area contributed by atoms with E-state index in [1.165, 1.54) is 16.9 Å². The number of carbonyl (C=O) groups is 1. The first-order valence-electron chi connectivity index (χ1n) is 17.0. The minimum absolute atomic E-state index is 0.0899. The Morgan fingerprint density at radius 2 is 1.62 bits per heavy atom. The summed E-state index contributed by atoms with van der Waals surface area (Å²) in [5, 5.41) is 11.9. The maximum Gasteiger partial charge on any atom is 0.277 e. The van der Waals surface area contributed by atoms with Gasteiger partial charge in [0.15, 0.2) is 11.5 Å². The Bertz CT molecular complexity index is 1830. The summed E-state index contributed by atoms with van der Waals surface area (Å²) in [6, 6.07) is 12.2. The van der Waals surface area contributed by atoms with E-state index in [9.17, 15) is 4.79 Å². The van der Waals surface area contributed by atoms with Crippen molar-refractivity contribution < 1.29 is 4.79 Å². The van der Waals surface area contributed by atoms with E-state index in [2.05, 4.69) is 85.2 Å². The monoisotopic (exact) mass is 686 g/mol. The number of benzene rings is 2. The quantitative estimate of drug-likeness (QED) is 0.0763. The van der Waals surface area contributed by atoms with Crippen LogP contribution in [-0.2, 0) is 6.54 Å². The van der Waals surface area contributed by atoms with Crippen LogP contribution in [0.1, 0.15) is 81.9 Å². The lowest BCUT2D eigenvalue weighted by molar-refractivity contribution is 0.102. The molecule has 5 N–H and O–H groups in total. The summed E-state index contributed by atoms with van der Waals surface area (Å²) in [4.78, 5) is 27.5. The molecule has 5 aromatic rings. The number of amides is 1. The average Bonchev–Trinajstić information content (AvgIpc) is 3.81. The number of nitrogens with zero attached hydrogens (tertiary/aromatic N) is 4. The molecule has 0 aliphatic rings. The number of fused-ring (bicyclic) bond motifs is 1. The lowest BCUT2D eigenvalue weighted by Gasteiger charge is -2.34. The Balaban J connectivity index is 1.29. The predicted molar refractivity (Wildman–Crippen MR) is 204 cm³/mol. The largest absolute Gasteiger partial charge is 0.397 e. The molecule has 0 saturated heterocycles. The van der Waals surface area contributed by atoms with Crippen LogP contribution in [0.5, 0.6) is 0 Å². The Labute approximate surface area is 292 Å². The van der Waals surface area contributed by atoms with Crippen LogP contribution in [0.4, 0.5) is 21.4 Å². The van der Waals surface area contributed by atoms with E-state index in [-0.39, 0.29) is 11.3 Å². The van der Waals surface area contributed by atoms with Crippen LogP contribution < -0.4 is 21.7 Å². The van der Waals surface area contributed by atoms with E-state index in [0.717, 1.165) is 83.4 Å². The second-order valence-electron chi connectivity index (χ2n) is 13.6. The van der Waals surface area contributed by atoms with Crippen molar-refractivity contribution in [2.45, 2.75) is 80.7 Å². The van der Waals surface area contributed by atoms with E-state index in [0.29, 0.717) is 28.9 Å². The summed E-state index contributed by atoms with van der Waals surface area (Å²) in [6.07, 6.45) is 4.25. The zero-order valence-electron chi connectivity index (χ0n) is 29.3. The van der Waals surface area contributed by atoms with E-state index in [4.69, 9.17) is 15.7 Å². The number of nitrogen functional groups attached to an aromatic ring is 1. The Morgan fingerprint density at radius 1 is 0.938 bits per heavy atom. The molecule has 2 aromatic carbocycles. The summed E-state index contributed by atoms with van der Waals surface area (Å²) in [6.45, 7) is 18.0. The zero-order chi connectivity index (χ0) is 34.4. The molecule has 0 radical (unpaired) electrons. The lowest BCUT2D eigenvalue weighted by atomic mass is 9.76. The Hall–Kier alpha value is -3.96. The smallest absolute Gasteiger partial charge is 0.277 e. The normalized spacial score (nSPS) is 12.5. The third-order valence-corrected chi connectivity index (χ3v) is 10.9. The molecular formula is C37H50N8OS2. The fraction of sp³-hybridized carbons (Fsp3) is 0.459. The number of aryl methyl sites for hydroxylation is 2. The Morgan fingerprint density at radius 3 is 2.35 bits per heavy atom. The van der Waals surface area contributed by atoms with Gasteiger partial charge in [0.1, 0.15) is 15.7 Å². The molecule has 3 heterocycles. The van der Waals surface area contributed by atoms with Crippen molar-refractivity contribution in [1.29, 1.82) is 0 Å². The molecule has 0 spiro atoms. The summed E-state index contributed by atoms with van der Waals surface area (Å²) in [5.41, 5.74) is 16.7. The first kappa shape index (κ1) is 35.3. The minimum Gasteiger partial charge on any atom is -0.397 e. The van der Waals surface area contributed by atoms with Gasteiger partial charge in [0, 0.05) is 19.6 Å². The third kappa shape index (κ3) is 8.18. The van der Waals surface area contributed by atoms with E-state index in [1.807, 2.05) is 30.6 Å². The van der Waals surface area contributed by atoms with Gasteiger partial charge >= 0.3 is 0 Å². The molecule has 0 bridgehead atoms. The molecule has 0 fully saturated rings. The molecule has 0 saturated carbocycles. The maximum absolute atomic E-state index is 13.1.